The number of hydrogen-bond donors (Lipinski definition) is 2. The van der Waals surface area contributed by atoms with Gasteiger partial charge in [-0.25, -0.2) is 4.98 Å². The van der Waals surface area contributed by atoms with Crippen molar-refractivity contribution in [2.45, 2.75) is 13.8 Å². The van der Waals surface area contributed by atoms with Crippen LogP contribution in [-0.4, -0.2) is 15.9 Å². The molecule has 0 aliphatic heterocycles. The van der Waals surface area contributed by atoms with Gasteiger partial charge in [-0.2, -0.15) is 0 Å². The van der Waals surface area contributed by atoms with E-state index in [9.17, 15) is 9.59 Å². The molecule has 5 heteroatoms. The quantitative estimate of drug-likeness (QED) is 0.842. The van der Waals surface area contributed by atoms with E-state index in [1.54, 1.807) is 0 Å². The van der Waals surface area contributed by atoms with Crippen molar-refractivity contribution in [1.29, 1.82) is 0 Å². The summed E-state index contributed by atoms with van der Waals surface area (Å²) in [5, 5.41) is 2.71. The summed E-state index contributed by atoms with van der Waals surface area (Å²) >= 11 is 0. The maximum absolute atomic E-state index is 11.9. The number of aryl methyl sites for hydroxylation is 2. The molecule has 2 N–H and O–H groups in total. The normalized spacial score (nSPS) is 10.1. The van der Waals surface area contributed by atoms with Gasteiger partial charge in [0.1, 0.15) is 5.69 Å². The first kappa shape index (κ1) is 12.0. The molecule has 0 spiro atoms. The number of H-pyrrole nitrogens is 1. The van der Waals surface area contributed by atoms with Crippen LogP contribution in [-0.2, 0) is 0 Å². The summed E-state index contributed by atoms with van der Waals surface area (Å²) in [6, 6.07) is 6.90. The minimum atomic E-state index is -0.397. The minimum Gasteiger partial charge on any atom is -0.321 e. The number of anilines is 1. The lowest BCUT2D eigenvalue weighted by atomic mass is 10.1. The molecule has 2 aromatic rings. The highest BCUT2D eigenvalue weighted by atomic mass is 16.2. The number of nitrogens with zero attached hydrogens (tertiary/aromatic N) is 1. The highest BCUT2D eigenvalue weighted by Crippen LogP contribution is 2.14. The molecule has 0 unspecified atom stereocenters. The lowest BCUT2D eigenvalue weighted by molar-refractivity contribution is 0.102. The fraction of sp³-hybridized carbons (Fsp3) is 0.154. The Morgan fingerprint density at radius 1 is 1.17 bits per heavy atom. The van der Waals surface area contributed by atoms with Crippen LogP contribution < -0.4 is 10.9 Å². The molecular weight excluding hydrogens is 230 g/mol. The summed E-state index contributed by atoms with van der Waals surface area (Å²) in [4.78, 5) is 29.1. The van der Waals surface area contributed by atoms with Crippen molar-refractivity contribution in [2.24, 2.45) is 0 Å². The van der Waals surface area contributed by atoms with Crippen LogP contribution in [0.1, 0.15) is 21.6 Å². The van der Waals surface area contributed by atoms with Crippen LogP contribution in [0.5, 0.6) is 0 Å². The fourth-order valence-electron chi connectivity index (χ4n) is 1.73. The standard InChI is InChI=1S/C13H13N3O2/c1-8-3-9(2)5-10(4-8)16-13(18)11-6-12(17)15-7-14-11/h3-7H,1-2H3,(H,16,18)(H,14,15,17). The average molecular weight is 243 g/mol. The van der Waals surface area contributed by atoms with Gasteiger partial charge in [0.05, 0.1) is 6.33 Å². The van der Waals surface area contributed by atoms with Crippen LogP contribution in [0.2, 0.25) is 0 Å². The van der Waals surface area contributed by atoms with Crippen molar-refractivity contribution in [2.75, 3.05) is 5.32 Å². The first-order valence-electron chi connectivity index (χ1n) is 5.49. The summed E-state index contributed by atoms with van der Waals surface area (Å²) in [5.74, 6) is -0.397. The maximum atomic E-state index is 11.9. The molecular formula is C13H13N3O2. The number of aromatic amines is 1. The smallest absolute Gasteiger partial charge is 0.274 e. The van der Waals surface area contributed by atoms with Crippen LogP contribution in [0.15, 0.2) is 35.4 Å². The topological polar surface area (TPSA) is 74.8 Å². The predicted octanol–water partition coefficient (Wildman–Crippen LogP) is 1.64. The molecule has 0 fully saturated rings. The van der Waals surface area contributed by atoms with E-state index >= 15 is 0 Å². The summed E-state index contributed by atoms with van der Waals surface area (Å²) in [7, 11) is 0. The van der Waals surface area contributed by atoms with Crippen molar-refractivity contribution < 1.29 is 4.79 Å². The van der Waals surface area contributed by atoms with E-state index in [0.717, 1.165) is 17.2 Å². The zero-order valence-electron chi connectivity index (χ0n) is 10.2. The number of rotatable bonds is 2. The zero-order chi connectivity index (χ0) is 13.1. The Morgan fingerprint density at radius 2 is 1.83 bits per heavy atom. The number of carbonyl (C=O) groups excluding carboxylic acids is 1. The summed E-state index contributed by atoms with van der Waals surface area (Å²) in [6.07, 6.45) is 1.21. The number of benzene rings is 1. The summed E-state index contributed by atoms with van der Waals surface area (Å²) < 4.78 is 0. The van der Waals surface area contributed by atoms with Crippen LogP contribution in [0.3, 0.4) is 0 Å². The largest absolute Gasteiger partial charge is 0.321 e. The molecule has 92 valence electrons. The Balaban J connectivity index is 2.24. The third-order valence-corrected chi connectivity index (χ3v) is 2.39. The minimum absolute atomic E-state index is 0.0953. The van der Waals surface area contributed by atoms with Gasteiger partial charge >= 0.3 is 0 Å². The van der Waals surface area contributed by atoms with Gasteiger partial charge in [0.2, 0.25) is 0 Å². The molecule has 5 nitrogen and oxygen atoms in total. The van der Waals surface area contributed by atoms with E-state index in [2.05, 4.69) is 15.3 Å². The molecule has 0 atom stereocenters. The van der Waals surface area contributed by atoms with E-state index in [0.29, 0.717) is 5.69 Å². The van der Waals surface area contributed by atoms with E-state index in [-0.39, 0.29) is 11.3 Å². The van der Waals surface area contributed by atoms with Gasteiger partial charge in [-0.15, -0.1) is 0 Å². The van der Waals surface area contributed by atoms with Crippen molar-refractivity contribution >= 4 is 11.6 Å². The van der Waals surface area contributed by atoms with Crippen LogP contribution in [0.4, 0.5) is 5.69 Å². The fourth-order valence-corrected chi connectivity index (χ4v) is 1.73. The van der Waals surface area contributed by atoms with Gasteiger partial charge in [0.15, 0.2) is 0 Å². The zero-order valence-corrected chi connectivity index (χ0v) is 10.2. The molecule has 0 saturated heterocycles. The molecule has 0 bridgehead atoms. The SMILES string of the molecule is Cc1cc(C)cc(NC(=O)c2cc(=O)[nH]cn2)c1. The molecule has 0 aliphatic carbocycles. The van der Waals surface area contributed by atoms with Crippen LogP contribution in [0, 0.1) is 13.8 Å². The molecule has 1 aromatic carbocycles. The second kappa shape index (κ2) is 4.83. The van der Waals surface area contributed by atoms with Crippen molar-refractivity contribution in [3.63, 3.8) is 0 Å². The van der Waals surface area contributed by atoms with Gasteiger partial charge in [-0.3, -0.25) is 9.59 Å². The van der Waals surface area contributed by atoms with Crippen molar-refractivity contribution in [1.82, 2.24) is 9.97 Å². The van der Waals surface area contributed by atoms with Gasteiger partial charge < -0.3 is 10.3 Å². The molecule has 1 aromatic heterocycles. The monoisotopic (exact) mass is 243 g/mol. The lowest BCUT2D eigenvalue weighted by Gasteiger charge is -2.06. The van der Waals surface area contributed by atoms with Crippen molar-refractivity contribution in [3.05, 3.63) is 57.8 Å². The first-order chi connectivity index (χ1) is 8.54. The predicted molar refractivity (Wildman–Crippen MR) is 68.7 cm³/mol. The highest BCUT2D eigenvalue weighted by Gasteiger charge is 2.08. The second-order valence-corrected chi connectivity index (χ2v) is 4.13. The Morgan fingerprint density at radius 3 is 2.44 bits per heavy atom. The number of nitrogens with one attached hydrogen (secondary N) is 2. The first-order valence-corrected chi connectivity index (χ1v) is 5.49. The Hall–Kier alpha value is -2.43. The van der Waals surface area contributed by atoms with E-state index < -0.39 is 5.91 Å². The molecule has 0 aliphatic rings. The van der Waals surface area contributed by atoms with E-state index in [4.69, 9.17) is 0 Å². The molecule has 18 heavy (non-hydrogen) atoms. The molecule has 1 amide bonds. The number of hydrogen-bond acceptors (Lipinski definition) is 3. The Bertz CT molecular complexity index is 626. The highest BCUT2D eigenvalue weighted by molar-refractivity contribution is 6.02. The number of amides is 1. The molecule has 1 heterocycles. The van der Waals surface area contributed by atoms with Crippen molar-refractivity contribution in [3.8, 4) is 0 Å². The second-order valence-electron chi connectivity index (χ2n) is 4.13. The van der Waals surface area contributed by atoms with Gasteiger partial charge in [0, 0.05) is 11.8 Å². The summed E-state index contributed by atoms with van der Waals surface area (Å²) in [5.41, 5.74) is 2.56. The Labute approximate surface area is 104 Å². The molecule has 0 radical (unpaired) electrons. The van der Waals surface area contributed by atoms with Gasteiger partial charge in [-0.05, 0) is 37.1 Å². The van der Waals surface area contributed by atoms with Gasteiger partial charge in [-0.1, -0.05) is 6.07 Å². The van der Waals surface area contributed by atoms with E-state index in [1.807, 2.05) is 32.0 Å². The maximum Gasteiger partial charge on any atom is 0.274 e. The van der Waals surface area contributed by atoms with Crippen LogP contribution >= 0.6 is 0 Å². The average Bonchev–Trinajstić information content (AvgIpc) is 2.27. The van der Waals surface area contributed by atoms with E-state index in [1.165, 1.54) is 6.33 Å². The molecule has 0 saturated carbocycles. The van der Waals surface area contributed by atoms with Gasteiger partial charge in [0.25, 0.3) is 11.5 Å². The third kappa shape index (κ3) is 2.82. The van der Waals surface area contributed by atoms with Crippen LogP contribution in [0.25, 0.3) is 0 Å². The number of carbonyl (C=O) groups is 1. The molecule has 2 rings (SSSR count). The Kier molecular flexibility index (Phi) is 3.23. The summed E-state index contributed by atoms with van der Waals surface area (Å²) in [6.45, 7) is 3.91. The third-order valence-electron chi connectivity index (χ3n) is 2.39. The number of aromatic nitrogens is 2. The lowest BCUT2D eigenvalue weighted by Crippen LogP contribution is -2.17.